The summed E-state index contributed by atoms with van der Waals surface area (Å²) in [4.78, 5) is 13.7. The molecule has 1 aliphatic carbocycles. The van der Waals surface area contributed by atoms with Crippen molar-refractivity contribution in [3.63, 3.8) is 0 Å². The summed E-state index contributed by atoms with van der Waals surface area (Å²) in [5, 5.41) is 1.62. The second-order valence-electron chi connectivity index (χ2n) is 6.87. The Kier molecular flexibility index (Phi) is 3.62. The van der Waals surface area contributed by atoms with E-state index in [1.165, 1.54) is 4.90 Å². The van der Waals surface area contributed by atoms with Crippen LogP contribution in [0.2, 0.25) is 5.02 Å². The number of rotatable bonds is 1. The Morgan fingerprint density at radius 3 is 2.65 bits per heavy atom. The summed E-state index contributed by atoms with van der Waals surface area (Å²) in [5.74, 6) is 0.683. The van der Waals surface area contributed by atoms with E-state index in [1.54, 1.807) is 0 Å². The summed E-state index contributed by atoms with van der Waals surface area (Å²) in [6, 6.07) is 2.35. The highest BCUT2D eigenvalue weighted by molar-refractivity contribution is 6.33. The minimum atomic E-state index is -0.187. The van der Waals surface area contributed by atoms with Crippen molar-refractivity contribution in [1.29, 1.82) is 0 Å². The normalized spacial score (nSPS) is 20.3. The molecule has 2 heterocycles. The molecule has 2 aliphatic rings. The number of hydrogen-bond donors (Lipinski definition) is 1. The number of nitrogens with one attached hydrogen (secondary N) is 1. The van der Waals surface area contributed by atoms with Gasteiger partial charge in [0.1, 0.15) is 6.54 Å². The summed E-state index contributed by atoms with van der Waals surface area (Å²) in [6.07, 6.45) is 3.90. The highest BCUT2D eigenvalue weighted by Gasteiger charge is 2.30. The molecule has 23 heavy (non-hydrogen) atoms. The molecule has 2 aromatic rings. The van der Waals surface area contributed by atoms with E-state index >= 15 is 0 Å². The van der Waals surface area contributed by atoms with Gasteiger partial charge in [-0.15, -0.1) is 0 Å². The van der Waals surface area contributed by atoms with Crippen molar-refractivity contribution in [1.82, 2.24) is 0 Å². The first-order valence-corrected chi connectivity index (χ1v) is 8.71. The van der Waals surface area contributed by atoms with Crippen LogP contribution in [0.3, 0.4) is 0 Å². The van der Waals surface area contributed by atoms with Crippen LogP contribution >= 0.6 is 11.6 Å². The highest BCUT2D eigenvalue weighted by atomic mass is 35.5. The molecule has 0 bridgehead atoms. The Hall–Kier alpha value is -1.52. The predicted octanol–water partition coefficient (Wildman–Crippen LogP) is 2.47. The molecule has 1 unspecified atom stereocenters. The first-order chi connectivity index (χ1) is 11.1. The highest BCUT2D eigenvalue weighted by Crippen LogP contribution is 2.38. The van der Waals surface area contributed by atoms with Gasteiger partial charge in [-0.1, -0.05) is 11.6 Å². The fourth-order valence-electron chi connectivity index (χ4n) is 3.72. The zero-order valence-electron chi connectivity index (χ0n) is 13.5. The summed E-state index contributed by atoms with van der Waals surface area (Å²) in [6.45, 7) is 5.68. The molecule has 0 amide bonds. The van der Waals surface area contributed by atoms with E-state index < -0.39 is 0 Å². The molecule has 1 N–H and O–H groups in total. The second-order valence-corrected chi connectivity index (χ2v) is 7.28. The van der Waals surface area contributed by atoms with Crippen LogP contribution in [0.5, 0.6) is 5.75 Å². The van der Waals surface area contributed by atoms with Crippen LogP contribution in [-0.2, 0) is 19.4 Å². The fourth-order valence-corrected chi connectivity index (χ4v) is 4.00. The van der Waals surface area contributed by atoms with Gasteiger partial charge >= 0.3 is 5.63 Å². The Morgan fingerprint density at radius 2 is 1.91 bits per heavy atom. The molecule has 0 fully saturated rings. The van der Waals surface area contributed by atoms with Crippen molar-refractivity contribution in [2.75, 3.05) is 6.73 Å². The van der Waals surface area contributed by atoms with Crippen LogP contribution in [0.1, 0.15) is 43.4 Å². The maximum Gasteiger partial charge on any atom is 0.339 e. The van der Waals surface area contributed by atoms with Crippen LogP contribution in [0.25, 0.3) is 11.0 Å². The predicted molar refractivity (Wildman–Crippen MR) is 89.4 cm³/mol. The molecule has 0 saturated heterocycles. The van der Waals surface area contributed by atoms with Gasteiger partial charge in [-0.05, 0) is 51.2 Å². The number of ether oxygens (including phenoxy) is 1. The lowest BCUT2D eigenvalue weighted by molar-refractivity contribution is -0.952. The summed E-state index contributed by atoms with van der Waals surface area (Å²) < 4.78 is 11.6. The van der Waals surface area contributed by atoms with Gasteiger partial charge in [-0.2, -0.15) is 0 Å². The lowest BCUT2D eigenvalue weighted by Crippen LogP contribution is -3.15. The summed E-state index contributed by atoms with van der Waals surface area (Å²) >= 11 is 6.48. The van der Waals surface area contributed by atoms with Gasteiger partial charge in [0.05, 0.1) is 16.6 Å². The van der Waals surface area contributed by atoms with E-state index in [-0.39, 0.29) is 5.63 Å². The molecule has 1 aromatic carbocycles. The van der Waals surface area contributed by atoms with E-state index in [0.29, 0.717) is 29.1 Å². The number of benzene rings is 1. The number of halogens is 1. The van der Waals surface area contributed by atoms with Crippen molar-refractivity contribution in [3.8, 4) is 5.75 Å². The third-order valence-electron chi connectivity index (χ3n) is 5.14. The monoisotopic (exact) mass is 334 g/mol. The lowest BCUT2D eigenvalue weighted by Gasteiger charge is -2.30. The molecule has 1 aromatic heterocycles. The molecule has 4 nitrogen and oxygen atoms in total. The lowest BCUT2D eigenvalue weighted by atomic mass is 9.89. The number of quaternary nitrogens is 1. The second kappa shape index (κ2) is 5.53. The Morgan fingerprint density at radius 1 is 1.17 bits per heavy atom. The van der Waals surface area contributed by atoms with Crippen LogP contribution in [0.15, 0.2) is 15.3 Å². The quantitative estimate of drug-likeness (QED) is 0.815. The molecule has 4 rings (SSSR count). The molecular formula is C18H21ClNO3+. The summed E-state index contributed by atoms with van der Waals surface area (Å²) in [7, 11) is 0. The Balaban J connectivity index is 2.00. The van der Waals surface area contributed by atoms with Gasteiger partial charge in [0, 0.05) is 10.9 Å². The van der Waals surface area contributed by atoms with Crippen molar-refractivity contribution < 1.29 is 14.1 Å². The smallest absolute Gasteiger partial charge is 0.339 e. The first-order valence-electron chi connectivity index (χ1n) is 8.33. The van der Waals surface area contributed by atoms with Crippen LogP contribution in [-0.4, -0.2) is 12.8 Å². The third kappa shape index (κ3) is 2.36. The van der Waals surface area contributed by atoms with E-state index in [9.17, 15) is 4.79 Å². The van der Waals surface area contributed by atoms with Crippen molar-refractivity contribution >= 4 is 22.6 Å². The van der Waals surface area contributed by atoms with Crippen molar-refractivity contribution in [2.24, 2.45) is 0 Å². The van der Waals surface area contributed by atoms with E-state index in [1.807, 2.05) is 6.07 Å². The van der Waals surface area contributed by atoms with E-state index in [4.69, 9.17) is 20.8 Å². The Labute approximate surface area is 140 Å². The van der Waals surface area contributed by atoms with Gasteiger partial charge in [0.2, 0.25) is 6.73 Å². The third-order valence-corrected chi connectivity index (χ3v) is 5.42. The van der Waals surface area contributed by atoms with Gasteiger partial charge in [0.25, 0.3) is 0 Å². The maximum absolute atomic E-state index is 12.4. The zero-order chi connectivity index (χ0) is 16.1. The number of hydrogen-bond acceptors (Lipinski definition) is 3. The van der Waals surface area contributed by atoms with Crippen LogP contribution in [0.4, 0.5) is 0 Å². The van der Waals surface area contributed by atoms with Gasteiger partial charge in [-0.3, -0.25) is 4.90 Å². The largest absolute Gasteiger partial charge is 0.443 e. The van der Waals surface area contributed by atoms with Crippen molar-refractivity contribution in [3.05, 3.63) is 38.2 Å². The molecule has 1 atom stereocenters. The van der Waals surface area contributed by atoms with Crippen LogP contribution in [0, 0.1) is 0 Å². The standard InChI is InChI=1S/C18H20ClNO3/c1-10(2)20-8-14-16-13(7-15(19)17(14)22-9-20)11-5-3-4-6-12(11)18(21)23-16/h7,10H,3-6,8-9H2,1-2H3/p+1. The molecule has 1 aliphatic heterocycles. The minimum Gasteiger partial charge on any atom is -0.443 e. The number of aryl methyl sites for hydroxylation is 1. The maximum atomic E-state index is 12.4. The molecule has 5 heteroatoms. The first kappa shape index (κ1) is 15.0. The molecule has 0 saturated carbocycles. The molecule has 122 valence electrons. The molecule has 0 spiro atoms. The minimum absolute atomic E-state index is 0.187. The Bertz CT molecular complexity index is 841. The molecular weight excluding hydrogens is 314 g/mol. The van der Waals surface area contributed by atoms with E-state index in [0.717, 1.165) is 54.3 Å². The molecule has 0 radical (unpaired) electrons. The fraction of sp³-hybridized carbons (Fsp3) is 0.500. The topological polar surface area (TPSA) is 43.9 Å². The number of fused-ring (bicyclic) bond motifs is 5. The average molecular weight is 335 g/mol. The van der Waals surface area contributed by atoms with Gasteiger partial charge < -0.3 is 9.15 Å². The van der Waals surface area contributed by atoms with Gasteiger partial charge in [0.15, 0.2) is 11.3 Å². The zero-order valence-corrected chi connectivity index (χ0v) is 14.3. The SMILES string of the molecule is CC(C)[NH+]1COc2c(Cl)cc3c4c(c(=O)oc3c2C1)CCCC4. The average Bonchev–Trinajstić information content (AvgIpc) is 2.56. The van der Waals surface area contributed by atoms with Gasteiger partial charge in [-0.25, -0.2) is 4.79 Å². The van der Waals surface area contributed by atoms with E-state index in [2.05, 4.69) is 13.8 Å². The summed E-state index contributed by atoms with van der Waals surface area (Å²) in [5.41, 5.74) is 3.39. The van der Waals surface area contributed by atoms with Crippen molar-refractivity contribution in [2.45, 2.75) is 52.1 Å². The van der Waals surface area contributed by atoms with Crippen LogP contribution < -0.4 is 15.3 Å².